The van der Waals surface area contributed by atoms with Crippen molar-refractivity contribution in [2.24, 2.45) is 0 Å². The molecule has 0 radical (unpaired) electrons. The van der Waals surface area contributed by atoms with Gasteiger partial charge in [-0.25, -0.2) is 4.98 Å². The SMILES string of the molecule is CCN(CC)[C@@H](CNC(=O)c1cccnc1OC)c1ccsc1. The van der Waals surface area contributed by atoms with Gasteiger partial charge in [-0.3, -0.25) is 9.69 Å². The molecule has 0 aliphatic heterocycles. The highest BCUT2D eigenvalue weighted by Gasteiger charge is 2.20. The van der Waals surface area contributed by atoms with E-state index in [1.807, 2.05) is 0 Å². The predicted octanol–water partition coefficient (Wildman–Crippen LogP) is 2.96. The van der Waals surface area contributed by atoms with Crippen molar-refractivity contribution in [2.45, 2.75) is 19.9 Å². The summed E-state index contributed by atoms with van der Waals surface area (Å²) in [4.78, 5) is 18.9. The van der Waals surface area contributed by atoms with Gasteiger partial charge in [-0.15, -0.1) is 0 Å². The Morgan fingerprint density at radius 3 is 2.78 bits per heavy atom. The minimum Gasteiger partial charge on any atom is -0.480 e. The third-order valence-corrected chi connectivity index (χ3v) is 4.55. The van der Waals surface area contributed by atoms with E-state index in [2.05, 4.69) is 45.9 Å². The number of ether oxygens (including phenoxy) is 1. The van der Waals surface area contributed by atoms with E-state index >= 15 is 0 Å². The number of hydrogen-bond acceptors (Lipinski definition) is 5. The van der Waals surface area contributed by atoms with Crippen LogP contribution in [0.3, 0.4) is 0 Å². The fourth-order valence-electron chi connectivity index (χ4n) is 2.60. The molecular weight excluding hydrogens is 310 g/mol. The van der Waals surface area contributed by atoms with Crippen molar-refractivity contribution in [2.75, 3.05) is 26.7 Å². The zero-order valence-electron chi connectivity index (χ0n) is 13.8. The van der Waals surface area contributed by atoms with Crippen molar-refractivity contribution in [1.82, 2.24) is 15.2 Å². The topological polar surface area (TPSA) is 54.5 Å². The summed E-state index contributed by atoms with van der Waals surface area (Å²) < 4.78 is 5.15. The number of methoxy groups -OCH3 is 1. The molecule has 1 atom stereocenters. The Bertz CT molecular complexity index is 612. The van der Waals surface area contributed by atoms with Crippen LogP contribution < -0.4 is 10.1 Å². The van der Waals surface area contributed by atoms with Gasteiger partial charge in [0.05, 0.1) is 13.2 Å². The number of nitrogens with one attached hydrogen (secondary N) is 1. The number of nitrogens with zero attached hydrogens (tertiary/aromatic N) is 2. The summed E-state index contributed by atoms with van der Waals surface area (Å²) in [6.45, 7) is 6.69. The highest BCUT2D eigenvalue weighted by molar-refractivity contribution is 7.07. The first-order valence-electron chi connectivity index (χ1n) is 7.74. The van der Waals surface area contributed by atoms with Gasteiger partial charge >= 0.3 is 0 Å². The molecule has 1 amide bonds. The van der Waals surface area contributed by atoms with Crippen molar-refractivity contribution in [3.05, 3.63) is 46.3 Å². The Kier molecular flexibility index (Phi) is 6.55. The number of amides is 1. The second-order valence-corrected chi connectivity index (χ2v) is 5.84. The molecule has 0 aliphatic carbocycles. The van der Waals surface area contributed by atoms with Gasteiger partial charge < -0.3 is 10.1 Å². The number of hydrogen-bond donors (Lipinski definition) is 1. The average Bonchev–Trinajstić information content (AvgIpc) is 3.12. The van der Waals surface area contributed by atoms with Crippen LogP contribution in [-0.2, 0) is 0 Å². The first-order valence-corrected chi connectivity index (χ1v) is 8.68. The number of carbonyl (C=O) groups is 1. The van der Waals surface area contributed by atoms with E-state index in [0.29, 0.717) is 18.0 Å². The lowest BCUT2D eigenvalue weighted by Crippen LogP contribution is -2.38. The minimum atomic E-state index is -0.165. The van der Waals surface area contributed by atoms with E-state index in [4.69, 9.17) is 4.74 Å². The number of likely N-dealkylation sites (N-methyl/N-ethyl adjacent to an activating group) is 1. The minimum absolute atomic E-state index is 0.165. The third kappa shape index (κ3) is 4.30. The molecule has 0 saturated carbocycles. The maximum atomic E-state index is 12.5. The molecule has 2 heterocycles. The fraction of sp³-hybridized carbons (Fsp3) is 0.412. The molecule has 6 heteroatoms. The molecule has 0 unspecified atom stereocenters. The first kappa shape index (κ1) is 17.4. The van der Waals surface area contributed by atoms with Crippen LogP contribution in [0.2, 0.25) is 0 Å². The Hall–Kier alpha value is -1.92. The quantitative estimate of drug-likeness (QED) is 0.807. The van der Waals surface area contributed by atoms with Crippen LogP contribution in [0.4, 0.5) is 0 Å². The molecule has 0 aliphatic rings. The van der Waals surface area contributed by atoms with Crippen LogP contribution in [0.1, 0.15) is 35.8 Å². The average molecular weight is 333 g/mol. The van der Waals surface area contributed by atoms with E-state index in [1.54, 1.807) is 29.7 Å². The second-order valence-electron chi connectivity index (χ2n) is 5.06. The van der Waals surface area contributed by atoms with Gasteiger partial charge in [0.15, 0.2) is 0 Å². The van der Waals surface area contributed by atoms with Crippen LogP contribution in [0.15, 0.2) is 35.2 Å². The highest BCUT2D eigenvalue weighted by Crippen LogP contribution is 2.22. The van der Waals surface area contributed by atoms with Gasteiger partial charge in [-0.2, -0.15) is 11.3 Å². The Balaban J connectivity index is 2.10. The molecule has 0 spiro atoms. The summed E-state index contributed by atoms with van der Waals surface area (Å²) in [6, 6.07) is 5.74. The molecule has 0 aromatic carbocycles. The smallest absolute Gasteiger partial charge is 0.256 e. The number of pyridine rings is 1. The molecule has 1 N–H and O–H groups in total. The third-order valence-electron chi connectivity index (χ3n) is 3.85. The molecular formula is C17H23N3O2S. The van der Waals surface area contributed by atoms with E-state index in [9.17, 15) is 4.79 Å². The maximum absolute atomic E-state index is 12.5. The van der Waals surface area contributed by atoms with E-state index in [0.717, 1.165) is 13.1 Å². The van der Waals surface area contributed by atoms with E-state index in [1.165, 1.54) is 12.7 Å². The van der Waals surface area contributed by atoms with Gasteiger partial charge in [-0.1, -0.05) is 13.8 Å². The monoisotopic (exact) mass is 333 g/mol. The van der Waals surface area contributed by atoms with Gasteiger partial charge in [0.1, 0.15) is 5.56 Å². The number of carbonyl (C=O) groups excluding carboxylic acids is 1. The molecule has 23 heavy (non-hydrogen) atoms. The van der Waals surface area contributed by atoms with E-state index in [-0.39, 0.29) is 11.9 Å². The summed E-state index contributed by atoms with van der Waals surface area (Å²) in [6.07, 6.45) is 1.61. The molecule has 2 rings (SSSR count). The van der Waals surface area contributed by atoms with Crippen molar-refractivity contribution < 1.29 is 9.53 Å². The molecule has 0 bridgehead atoms. The van der Waals surface area contributed by atoms with E-state index < -0.39 is 0 Å². The normalized spacial score (nSPS) is 12.2. The zero-order chi connectivity index (χ0) is 16.7. The van der Waals surface area contributed by atoms with Gasteiger partial charge in [0.25, 0.3) is 5.91 Å². The molecule has 0 fully saturated rings. The maximum Gasteiger partial charge on any atom is 0.256 e. The molecule has 124 valence electrons. The molecule has 2 aromatic heterocycles. The van der Waals surface area contributed by atoms with Gasteiger partial charge in [0.2, 0.25) is 5.88 Å². The zero-order valence-corrected chi connectivity index (χ0v) is 14.6. The fourth-order valence-corrected chi connectivity index (χ4v) is 3.30. The number of thiophene rings is 1. The van der Waals surface area contributed by atoms with Crippen molar-refractivity contribution >= 4 is 17.2 Å². The summed E-state index contributed by atoms with van der Waals surface area (Å²) in [5.41, 5.74) is 1.69. The molecule has 5 nitrogen and oxygen atoms in total. The summed E-state index contributed by atoms with van der Waals surface area (Å²) in [7, 11) is 1.52. The Morgan fingerprint density at radius 2 is 2.17 bits per heavy atom. The lowest BCUT2D eigenvalue weighted by atomic mass is 10.1. The van der Waals surface area contributed by atoms with Gasteiger partial charge in [-0.05, 0) is 47.6 Å². The van der Waals surface area contributed by atoms with Gasteiger partial charge in [0, 0.05) is 12.7 Å². The summed E-state index contributed by atoms with van der Waals surface area (Å²) >= 11 is 1.67. The largest absolute Gasteiger partial charge is 0.480 e. The number of rotatable bonds is 8. The second kappa shape index (κ2) is 8.64. The summed E-state index contributed by atoms with van der Waals surface area (Å²) in [5.74, 6) is 0.183. The first-order chi connectivity index (χ1) is 11.2. The molecule has 0 saturated heterocycles. The lowest BCUT2D eigenvalue weighted by molar-refractivity contribution is 0.0931. The highest BCUT2D eigenvalue weighted by atomic mass is 32.1. The standard InChI is InChI=1S/C17H23N3O2S/c1-4-20(5-2)15(13-8-10-23-12-13)11-19-16(21)14-7-6-9-18-17(14)22-3/h6-10,12,15H,4-5,11H2,1-3H3,(H,19,21)/t15-/m0/s1. The van der Waals surface area contributed by atoms with Crippen LogP contribution in [0.25, 0.3) is 0 Å². The van der Waals surface area contributed by atoms with Crippen molar-refractivity contribution in [3.63, 3.8) is 0 Å². The Morgan fingerprint density at radius 1 is 1.39 bits per heavy atom. The predicted molar refractivity (Wildman–Crippen MR) is 93.1 cm³/mol. The van der Waals surface area contributed by atoms with Crippen molar-refractivity contribution in [1.29, 1.82) is 0 Å². The van der Waals surface area contributed by atoms with Crippen LogP contribution in [-0.4, -0.2) is 42.5 Å². The van der Waals surface area contributed by atoms with Crippen LogP contribution in [0, 0.1) is 0 Å². The Labute approximate surface area is 141 Å². The van der Waals surface area contributed by atoms with Crippen molar-refractivity contribution in [3.8, 4) is 5.88 Å². The van der Waals surface area contributed by atoms with Crippen LogP contribution >= 0.6 is 11.3 Å². The van der Waals surface area contributed by atoms with Crippen LogP contribution in [0.5, 0.6) is 5.88 Å². The molecule has 2 aromatic rings. The number of aromatic nitrogens is 1. The lowest BCUT2D eigenvalue weighted by Gasteiger charge is -2.29. The summed E-state index contributed by atoms with van der Waals surface area (Å²) in [5, 5.41) is 7.22.